The molecule has 0 bridgehead atoms. The fraction of sp³-hybridized carbons (Fsp3) is 0.381. The van der Waals surface area contributed by atoms with E-state index in [1.54, 1.807) is 30.3 Å². The van der Waals surface area contributed by atoms with Gasteiger partial charge in [0.15, 0.2) is 0 Å². The largest absolute Gasteiger partial charge is 0.325 e. The molecule has 8 heteroatoms. The van der Waals surface area contributed by atoms with Gasteiger partial charge in [0.1, 0.15) is 5.82 Å². The summed E-state index contributed by atoms with van der Waals surface area (Å²) >= 11 is 0. The lowest BCUT2D eigenvalue weighted by atomic mass is 10.1. The summed E-state index contributed by atoms with van der Waals surface area (Å²) in [6, 6.07) is 12.4. The van der Waals surface area contributed by atoms with Gasteiger partial charge >= 0.3 is 0 Å². The van der Waals surface area contributed by atoms with E-state index in [2.05, 4.69) is 5.32 Å². The number of nitrogens with one attached hydrogen (secondary N) is 1. The number of hydrogen-bond donors (Lipinski definition) is 1. The van der Waals surface area contributed by atoms with Gasteiger partial charge in [-0.3, -0.25) is 9.69 Å². The summed E-state index contributed by atoms with van der Waals surface area (Å²) in [7, 11) is -1.72. The molecule has 1 N–H and O–H groups in total. The maximum atomic E-state index is 13.1. The monoisotopic (exact) mass is 419 g/mol. The summed E-state index contributed by atoms with van der Waals surface area (Å²) in [6.07, 6.45) is 1.74. The molecule has 1 fully saturated rings. The second kappa shape index (κ2) is 9.02. The molecule has 1 unspecified atom stereocenters. The molecule has 3 rings (SSSR count). The predicted octanol–water partition coefficient (Wildman–Crippen LogP) is 3.24. The minimum Gasteiger partial charge on any atom is -0.325 e. The van der Waals surface area contributed by atoms with Crippen LogP contribution in [-0.4, -0.2) is 50.2 Å². The first kappa shape index (κ1) is 21.4. The van der Waals surface area contributed by atoms with Crippen LogP contribution in [0.1, 0.15) is 31.4 Å². The molecule has 156 valence electrons. The van der Waals surface area contributed by atoms with Gasteiger partial charge in [-0.2, -0.15) is 4.31 Å². The SMILES string of the molecule is CC(c1ccc(F)cc1)N(C)CC(=O)Nc1cccc(S(=O)(=O)N2CCCC2)c1. The van der Waals surface area contributed by atoms with E-state index in [1.807, 2.05) is 18.9 Å². The van der Waals surface area contributed by atoms with Crippen molar-refractivity contribution in [2.45, 2.75) is 30.7 Å². The van der Waals surface area contributed by atoms with E-state index in [4.69, 9.17) is 0 Å². The van der Waals surface area contributed by atoms with Gasteiger partial charge < -0.3 is 5.32 Å². The highest BCUT2D eigenvalue weighted by Crippen LogP contribution is 2.23. The lowest BCUT2D eigenvalue weighted by Gasteiger charge is -2.24. The van der Waals surface area contributed by atoms with Crippen molar-refractivity contribution in [1.29, 1.82) is 0 Å². The van der Waals surface area contributed by atoms with E-state index in [-0.39, 0.29) is 29.2 Å². The molecular weight excluding hydrogens is 393 g/mol. The van der Waals surface area contributed by atoms with Crippen LogP contribution >= 0.6 is 0 Å². The average molecular weight is 420 g/mol. The first-order chi connectivity index (χ1) is 13.8. The zero-order valence-corrected chi connectivity index (χ0v) is 17.5. The fourth-order valence-corrected chi connectivity index (χ4v) is 4.94. The molecule has 1 aliphatic rings. The van der Waals surface area contributed by atoms with Gasteiger partial charge in [0.25, 0.3) is 0 Å². The van der Waals surface area contributed by atoms with Crippen molar-refractivity contribution in [1.82, 2.24) is 9.21 Å². The van der Waals surface area contributed by atoms with E-state index >= 15 is 0 Å². The number of likely N-dealkylation sites (N-methyl/N-ethyl adjacent to an activating group) is 1. The normalized spacial score (nSPS) is 16.1. The molecule has 0 saturated carbocycles. The molecule has 0 aliphatic carbocycles. The van der Waals surface area contributed by atoms with Crippen molar-refractivity contribution >= 4 is 21.6 Å². The molecule has 0 radical (unpaired) electrons. The predicted molar refractivity (Wildman–Crippen MR) is 111 cm³/mol. The minimum absolute atomic E-state index is 0.0803. The first-order valence-corrected chi connectivity index (χ1v) is 11.1. The molecule has 1 saturated heterocycles. The zero-order valence-electron chi connectivity index (χ0n) is 16.6. The number of carbonyl (C=O) groups excluding carboxylic acids is 1. The van der Waals surface area contributed by atoms with Crippen LogP contribution in [0.4, 0.5) is 10.1 Å². The maximum Gasteiger partial charge on any atom is 0.243 e. The Bertz CT molecular complexity index is 957. The lowest BCUT2D eigenvalue weighted by Crippen LogP contribution is -2.32. The van der Waals surface area contributed by atoms with E-state index in [0.29, 0.717) is 18.8 Å². The van der Waals surface area contributed by atoms with Gasteiger partial charge in [0.2, 0.25) is 15.9 Å². The number of hydrogen-bond acceptors (Lipinski definition) is 4. The third-order valence-electron chi connectivity index (χ3n) is 5.23. The molecule has 2 aromatic carbocycles. The van der Waals surface area contributed by atoms with Crippen molar-refractivity contribution < 1.29 is 17.6 Å². The number of amides is 1. The van der Waals surface area contributed by atoms with E-state index < -0.39 is 10.0 Å². The molecule has 1 heterocycles. The first-order valence-electron chi connectivity index (χ1n) is 9.63. The topological polar surface area (TPSA) is 69.7 Å². The standard InChI is InChI=1S/C21H26FN3O3S/c1-16(17-8-10-18(22)11-9-17)24(2)15-21(26)23-19-6-5-7-20(14-19)29(27,28)25-12-3-4-13-25/h5-11,14,16H,3-4,12-13,15H2,1-2H3,(H,23,26). The molecule has 2 aromatic rings. The van der Waals surface area contributed by atoms with Crippen molar-refractivity contribution in [2.24, 2.45) is 0 Å². The minimum atomic E-state index is -3.53. The summed E-state index contributed by atoms with van der Waals surface area (Å²) in [6.45, 7) is 3.11. The molecule has 1 amide bonds. The van der Waals surface area contributed by atoms with Crippen LogP contribution in [-0.2, 0) is 14.8 Å². The van der Waals surface area contributed by atoms with Crippen LogP contribution < -0.4 is 5.32 Å². The van der Waals surface area contributed by atoms with Gasteiger partial charge in [-0.05, 0) is 62.7 Å². The third kappa shape index (κ3) is 5.20. The Labute approximate surface area is 171 Å². The van der Waals surface area contributed by atoms with Crippen molar-refractivity contribution in [3.63, 3.8) is 0 Å². The Morgan fingerprint density at radius 3 is 2.48 bits per heavy atom. The average Bonchev–Trinajstić information content (AvgIpc) is 3.24. The van der Waals surface area contributed by atoms with Crippen LogP contribution in [0, 0.1) is 5.82 Å². The van der Waals surface area contributed by atoms with Crippen LogP contribution in [0.2, 0.25) is 0 Å². The second-order valence-electron chi connectivity index (χ2n) is 7.33. The van der Waals surface area contributed by atoms with Gasteiger partial charge in [-0.15, -0.1) is 0 Å². The Hall–Kier alpha value is -2.29. The Morgan fingerprint density at radius 2 is 1.83 bits per heavy atom. The number of rotatable bonds is 7. The summed E-state index contributed by atoms with van der Waals surface area (Å²) in [5.74, 6) is -0.553. The van der Waals surface area contributed by atoms with E-state index in [1.165, 1.54) is 22.5 Å². The number of nitrogens with zero attached hydrogens (tertiary/aromatic N) is 2. The van der Waals surface area contributed by atoms with Crippen LogP contribution in [0.3, 0.4) is 0 Å². The molecule has 0 aromatic heterocycles. The molecule has 29 heavy (non-hydrogen) atoms. The smallest absolute Gasteiger partial charge is 0.243 e. The van der Waals surface area contributed by atoms with E-state index in [9.17, 15) is 17.6 Å². The van der Waals surface area contributed by atoms with Gasteiger partial charge in [0, 0.05) is 24.8 Å². The van der Waals surface area contributed by atoms with Crippen LogP contribution in [0.15, 0.2) is 53.4 Å². The number of benzene rings is 2. The highest BCUT2D eigenvalue weighted by Gasteiger charge is 2.27. The van der Waals surface area contributed by atoms with Crippen molar-refractivity contribution in [3.8, 4) is 0 Å². The summed E-state index contributed by atoms with van der Waals surface area (Å²) < 4.78 is 40.0. The summed E-state index contributed by atoms with van der Waals surface area (Å²) in [5.41, 5.74) is 1.35. The number of anilines is 1. The Balaban J connectivity index is 1.64. The molecule has 1 atom stereocenters. The number of carbonyl (C=O) groups is 1. The van der Waals surface area contributed by atoms with Gasteiger partial charge in [-0.25, -0.2) is 12.8 Å². The zero-order chi connectivity index (χ0) is 21.0. The highest BCUT2D eigenvalue weighted by atomic mass is 32.2. The van der Waals surface area contributed by atoms with Crippen molar-refractivity contribution in [2.75, 3.05) is 32.0 Å². The van der Waals surface area contributed by atoms with Gasteiger partial charge in [-0.1, -0.05) is 18.2 Å². The second-order valence-corrected chi connectivity index (χ2v) is 9.27. The van der Waals surface area contributed by atoms with Crippen LogP contribution in [0.5, 0.6) is 0 Å². The fourth-order valence-electron chi connectivity index (χ4n) is 3.37. The highest BCUT2D eigenvalue weighted by molar-refractivity contribution is 7.89. The quantitative estimate of drug-likeness (QED) is 0.748. The summed E-state index contributed by atoms with van der Waals surface area (Å²) in [4.78, 5) is 14.5. The van der Waals surface area contributed by atoms with E-state index in [0.717, 1.165) is 18.4 Å². The Morgan fingerprint density at radius 1 is 1.17 bits per heavy atom. The number of halogens is 1. The maximum absolute atomic E-state index is 13.1. The molecular formula is C21H26FN3O3S. The molecule has 1 aliphatic heterocycles. The van der Waals surface area contributed by atoms with Crippen LogP contribution in [0.25, 0.3) is 0 Å². The van der Waals surface area contributed by atoms with Crippen molar-refractivity contribution in [3.05, 3.63) is 59.9 Å². The Kier molecular flexibility index (Phi) is 6.66. The van der Waals surface area contributed by atoms with Gasteiger partial charge in [0.05, 0.1) is 11.4 Å². The molecule has 6 nitrogen and oxygen atoms in total. The summed E-state index contributed by atoms with van der Waals surface area (Å²) in [5, 5.41) is 2.77. The lowest BCUT2D eigenvalue weighted by molar-refractivity contribution is -0.117. The molecule has 0 spiro atoms. The third-order valence-corrected chi connectivity index (χ3v) is 7.12. The number of sulfonamides is 1.